The summed E-state index contributed by atoms with van der Waals surface area (Å²) in [6.45, 7) is 3.57. The summed E-state index contributed by atoms with van der Waals surface area (Å²) < 4.78 is 9.39. The minimum Gasteiger partial charge on any atom is -0.481 e. The molecule has 1 aliphatic carbocycles. The standard InChI is InChI=1S/C10H14O6/c1-3-15-9(13)6-5(8(11)12)7(6)10(14)16-4-2/h5-7H,3-4H2,1-2H3,(H,11,12)/t6-,7-/m1/s1. The molecule has 0 heterocycles. The summed E-state index contributed by atoms with van der Waals surface area (Å²) in [6, 6.07) is 0. The number of rotatable bonds is 5. The summed E-state index contributed by atoms with van der Waals surface area (Å²) in [6.07, 6.45) is 0. The van der Waals surface area contributed by atoms with Crippen molar-refractivity contribution in [2.24, 2.45) is 17.8 Å². The number of carboxylic acid groups (broad SMARTS) is 1. The fraction of sp³-hybridized carbons (Fsp3) is 0.700. The number of esters is 2. The summed E-state index contributed by atoms with van der Waals surface area (Å²) in [5.74, 6) is -5.25. The molecule has 0 bridgehead atoms. The molecule has 0 unspecified atom stereocenters. The Morgan fingerprint density at radius 2 is 1.31 bits per heavy atom. The van der Waals surface area contributed by atoms with Crippen molar-refractivity contribution in [3.63, 3.8) is 0 Å². The average Bonchev–Trinajstić information content (AvgIpc) is 2.93. The monoisotopic (exact) mass is 230 g/mol. The lowest BCUT2D eigenvalue weighted by atomic mass is 10.3. The second-order valence-electron chi connectivity index (χ2n) is 3.42. The molecule has 1 saturated carbocycles. The van der Waals surface area contributed by atoms with E-state index in [1.54, 1.807) is 13.8 Å². The van der Waals surface area contributed by atoms with Gasteiger partial charge in [-0.05, 0) is 13.8 Å². The van der Waals surface area contributed by atoms with Crippen LogP contribution in [0.15, 0.2) is 0 Å². The largest absolute Gasteiger partial charge is 0.481 e. The highest BCUT2D eigenvalue weighted by atomic mass is 16.5. The van der Waals surface area contributed by atoms with Crippen molar-refractivity contribution in [3.8, 4) is 0 Å². The lowest BCUT2D eigenvalue weighted by molar-refractivity contribution is -0.150. The Bertz CT molecular complexity index is 286. The highest BCUT2D eigenvalue weighted by molar-refractivity contribution is 5.96. The molecule has 0 aliphatic heterocycles. The lowest BCUT2D eigenvalue weighted by Crippen LogP contribution is -2.13. The molecular formula is C10H14O6. The number of carbonyl (C=O) groups is 3. The molecule has 1 aliphatic rings. The molecule has 0 aromatic carbocycles. The zero-order valence-corrected chi connectivity index (χ0v) is 9.13. The second-order valence-corrected chi connectivity index (χ2v) is 3.42. The van der Waals surface area contributed by atoms with Crippen LogP contribution in [0, 0.1) is 17.8 Å². The lowest BCUT2D eigenvalue weighted by Gasteiger charge is -2.00. The van der Waals surface area contributed by atoms with Gasteiger partial charge in [0.05, 0.1) is 31.0 Å². The van der Waals surface area contributed by atoms with Crippen LogP contribution in [0.4, 0.5) is 0 Å². The van der Waals surface area contributed by atoms with Crippen LogP contribution in [0.25, 0.3) is 0 Å². The Labute approximate surface area is 92.5 Å². The Morgan fingerprint density at radius 3 is 1.56 bits per heavy atom. The Kier molecular flexibility index (Phi) is 3.87. The van der Waals surface area contributed by atoms with E-state index in [0.717, 1.165) is 0 Å². The van der Waals surface area contributed by atoms with Crippen molar-refractivity contribution in [2.75, 3.05) is 13.2 Å². The predicted octanol–water partition coefficient (Wildman–Crippen LogP) is 0.0594. The Balaban J connectivity index is 2.67. The van der Waals surface area contributed by atoms with Gasteiger partial charge >= 0.3 is 17.9 Å². The fourth-order valence-electron chi connectivity index (χ4n) is 1.68. The normalized spacial score (nSPS) is 27.0. The van der Waals surface area contributed by atoms with Crippen LogP contribution in [-0.4, -0.2) is 36.2 Å². The number of ether oxygens (including phenoxy) is 2. The van der Waals surface area contributed by atoms with Gasteiger partial charge in [0.15, 0.2) is 0 Å². The zero-order valence-electron chi connectivity index (χ0n) is 9.13. The first-order valence-electron chi connectivity index (χ1n) is 5.10. The van der Waals surface area contributed by atoms with Crippen LogP contribution in [0.3, 0.4) is 0 Å². The minimum atomic E-state index is -1.17. The molecule has 0 amide bonds. The third kappa shape index (κ3) is 2.32. The number of hydrogen-bond acceptors (Lipinski definition) is 5. The molecule has 90 valence electrons. The third-order valence-corrected chi connectivity index (χ3v) is 2.42. The van der Waals surface area contributed by atoms with Gasteiger partial charge in [0, 0.05) is 0 Å². The first-order valence-corrected chi connectivity index (χ1v) is 5.10. The molecule has 0 radical (unpaired) electrons. The number of carbonyl (C=O) groups excluding carboxylic acids is 2. The fourth-order valence-corrected chi connectivity index (χ4v) is 1.68. The van der Waals surface area contributed by atoms with Crippen molar-refractivity contribution >= 4 is 17.9 Å². The maximum Gasteiger partial charge on any atom is 0.310 e. The molecule has 2 atom stereocenters. The van der Waals surface area contributed by atoms with Crippen molar-refractivity contribution in [1.82, 2.24) is 0 Å². The van der Waals surface area contributed by atoms with Crippen molar-refractivity contribution in [3.05, 3.63) is 0 Å². The number of aliphatic carboxylic acids is 1. The first kappa shape index (κ1) is 12.5. The Hall–Kier alpha value is -1.59. The van der Waals surface area contributed by atoms with E-state index in [0.29, 0.717) is 0 Å². The van der Waals surface area contributed by atoms with Gasteiger partial charge < -0.3 is 14.6 Å². The Morgan fingerprint density at radius 1 is 0.938 bits per heavy atom. The van der Waals surface area contributed by atoms with Gasteiger partial charge in [-0.1, -0.05) is 0 Å². The van der Waals surface area contributed by atoms with Crippen LogP contribution in [0.1, 0.15) is 13.8 Å². The molecule has 0 spiro atoms. The molecule has 0 aromatic heterocycles. The van der Waals surface area contributed by atoms with Gasteiger partial charge in [0.2, 0.25) is 0 Å². The smallest absolute Gasteiger partial charge is 0.310 e. The van der Waals surface area contributed by atoms with Crippen LogP contribution in [0.5, 0.6) is 0 Å². The summed E-state index contributed by atoms with van der Waals surface area (Å²) in [5, 5.41) is 8.81. The van der Waals surface area contributed by atoms with Crippen molar-refractivity contribution in [1.29, 1.82) is 0 Å². The van der Waals surface area contributed by atoms with E-state index in [1.807, 2.05) is 0 Å². The van der Waals surface area contributed by atoms with E-state index >= 15 is 0 Å². The van der Waals surface area contributed by atoms with Gasteiger partial charge in [-0.25, -0.2) is 0 Å². The topological polar surface area (TPSA) is 89.9 Å². The van der Waals surface area contributed by atoms with Gasteiger partial charge in [0.25, 0.3) is 0 Å². The van der Waals surface area contributed by atoms with Gasteiger partial charge in [0.1, 0.15) is 0 Å². The highest BCUT2D eigenvalue weighted by Gasteiger charge is 2.65. The summed E-state index contributed by atoms with van der Waals surface area (Å²) in [7, 11) is 0. The molecule has 0 aromatic rings. The van der Waals surface area contributed by atoms with Crippen LogP contribution in [0.2, 0.25) is 0 Å². The molecule has 6 nitrogen and oxygen atoms in total. The quantitative estimate of drug-likeness (QED) is 0.671. The maximum absolute atomic E-state index is 11.3. The van der Waals surface area contributed by atoms with Gasteiger partial charge in [-0.15, -0.1) is 0 Å². The summed E-state index contributed by atoms with van der Waals surface area (Å²) in [4.78, 5) is 33.5. The minimum absolute atomic E-state index is 0.164. The van der Waals surface area contributed by atoms with E-state index in [-0.39, 0.29) is 13.2 Å². The number of hydrogen-bond donors (Lipinski definition) is 1. The van der Waals surface area contributed by atoms with E-state index in [4.69, 9.17) is 14.6 Å². The van der Waals surface area contributed by atoms with Crippen LogP contribution >= 0.6 is 0 Å². The van der Waals surface area contributed by atoms with Crippen molar-refractivity contribution < 1.29 is 29.0 Å². The van der Waals surface area contributed by atoms with E-state index in [2.05, 4.69) is 0 Å². The molecule has 1 rings (SSSR count). The zero-order chi connectivity index (χ0) is 12.3. The van der Waals surface area contributed by atoms with Crippen LogP contribution < -0.4 is 0 Å². The maximum atomic E-state index is 11.3. The molecule has 16 heavy (non-hydrogen) atoms. The van der Waals surface area contributed by atoms with E-state index < -0.39 is 35.7 Å². The summed E-state index contributed by atoms with van der Waals surface area (Å²) >= 11 is 0. The van der Waals surface area contributed by atoms with E-state index in [9.17, 15) is 14.4 Å². The molecular weight excluding hydrogens is 216 g/mol. The van der Waals surface area contributed by atoms with Gasteiger partial charge in [-0.3, -0.25) is 14.4 Å². The predicted molar refractivity (Wildman–Crippen MR) is 51.4 cm³/mol. The van der Waals surface area contributed by atoms with Gasteiger partial charge in [-0.2, -0.15) is 0 Å². The summed E-state index contributed by atoms with van der Waals surface area (Å²) in [5.41, 5.74) is 0. The third-order valence-electron chi connectivity index (χ3n) is 2.42. The SMILES string of the molecule is CCOC(=O)[C@@H]1C(C(=O)O)[C@H]1C(=O)OCC. The molecule has 1 N–H and O–H groups in total. The van der Waals surface area contributed by atoms with Crippen LogP contribution in [-0.2, 0) is 23.9 Å². The first-order chi connectivity index (χ1) is 7.54. The second kappa shape index (κ2) is 4.96. The highest BCUT2D eigenvalue weighted by Crippen LogP contribution is 2.48. The average molecular weight is 230 g/mol. The molecule has 6 heteroatoms. The molecule has 0 saturated heterocycles. The molecule has 1 fully saturated rings. The van der Waals surface area contributed by atoms with E-state index in [1.165, 1.54) is 0 Å². The van der Waals surface area contributed by atoms with Crippen molar-refractivity contribution in [2.45, 2.75) is 13.8 Å². The number of carboxylic acids is 1.